The van der Waals surface area contributed by atoms with Crippen molar-refractivity contribution >= 4 is 11.8 Å². The van der Waals surface area contributed by atoms with E-state index in [0.29, 0.717) is 0 Å². The van der Waals surface area contributed by atoms with E-state index in [0.717, 1.165) is 16.6 Å². The molecule has 0 radical (unpaired) electrons. The van der Waals surface area contributed by atoms with E-state index in [1.807, 2.05) is 10.7 Å². The second-order valence-corrected chi connectivity index (χ2v) is 6.31. The predicted molar refractivity (Wildman–Crippen MR) is 89.4 cm³/mol. The highest BCUT2D eigenvalue weighted by Crippen LogP contribution is 2.25. The van der Waals surface area contributed by atoms with E-state index < -0.39 is 0 Å². The molecule has 4 nitrogen and oxygen atoms in total. The van der Waals surface area contributed by atoms with Gasteiger partial charge in [-0.05, 0) is 54.0 Å². The van der Waals surface area contributed by atoms with Gasteiger partial charge < -0.3 is 0 Å². The predicted octanol–water partition coefficient (Wildman–Crippen LogP) is 3.88. The Labute approximate surface area is 134 Å². The van der Waals surface area contributed by atoms with Crippen molar-refractivity contribution in [2.75, 3.05) is 0 Å². The summed E-state index contributed by atoms with van der Waals surface area (Å²) in [7, 11) is 0. The van der Waals surface area contributed by atoms with E-state index in [1.54, 1.807) is 11.8 Å². The number of tetrazole rings is 1. The van der Waals surface area contributed by atoms with Crippen LogP contribution in [0.3, 0.4) is 0 Å². The Kier molecular flexibility index (Phi) is 4.24. The molecule has 0 aliphatic carbocycles. The summed E-state index contributed by atoms with van der Waals surface area (Å²) >= 11 is 1.65. The zero-order valence-corrected chi connectivity index (χ0v) is 13.8. The number of thioether (sulfide) groups is 1. The van der Waals surface area contributed by atoms with Gasteiger partial charge in [0.25, 0.3) is 0 Å². The van der Waals surface area contributed by atoms with Crippen LogP contribution in [0.1, 0.15) is 22.3 Å². The van der Waals surface area contributed by atoms with Crippen molar-refractivity contribution in [3.8, 4) is 5.69 Å². The number of rotatable bonds is 4. The Morgan fingerprint density at radius 1 is 1.00 bits per heavy atom. The highest BCUT2D eigenvalue weighted by atomic mass is 32.2. The van der Waals surface area contributed by atoms with Crippen LogP contribution in [0.5, 0.6) is 0 Å². The van der Waals surface area contributed by atoms with Gasteiger partial charge in [0.15, 0.2) is 0 Å². The Morgan fingerprint density at radius 2 is 1.77 bits per heavy atom. The lowest BCUT2D eigenvalue weighted by Gasteiger charge is -2.09. The molecule has 0 spiro atoms. The SMILES string of the molecule is Cc1ccc(CSc2nnnn2-c2cccc(C)c2C)cc1. The summed E-state index contributed by atoms with van der Waals surface area (Å²) in [6, 6.07) is 14.7. The molecule has 3 rings (SSSR count). The van der Waals surface area contributed by atoms with Gasteiger partial charge in [0.1, 0.15) is 0 Å². The zero-order valence-electron chi connectivity index (χ0n) is 12.9. The van der Waals surface area contributed by atoms with Crippen LogP contribution in [0.4, 0.5) is 0 Å². The number of hydrogen-bond acceptors (Lipinski definition) is 4. The third-order valence-electron chi connectivity index (χ3n) is 3.73. The second-order valence-electron chi connectivity index (χ2n) is 5.37. The van der Waals surface area contributed by atoms with Crippen LogP contribution >= 0.6 is 11.8 Å². The third kappa shape index (κ3) is 3.04. The van der Waals surface area contributed by atoms with Gasteiger partial charge in [-0.2, -0.15) is 4.68 Å². The van der Waals surface area contributed by atoms with Crippen LogP contribution < -0.4 is 0 Å². The van der Waals surface area contributed by atoms with E-state index >= 15 is 0 Å². The van der Waals surface area contributed by atoms with Gasteiger partial charge >= 0.3 is 0 Å². The van der Waals surface area contributed by atoms with Crippen LogP contribution in [0.2, 0.25) is 0 Å². The van der Waals surface area contributed by atoms with Gasteiger partial charge in [-0.25, -0.2) is 0 Å². The minimum atomic E-state index is 0.814. The Hall–Kier alpha value is -2.14. The quantitative estimate of drug-likeness (QED) is 0.686. The molecule has 112 valence electrons. The summed E-state index contributed by atoms with van der Waals surface area (Å²) in [5.41, 5.74) is 6.02. The molecule has 0 amide bonds. The van der Waals surface area contributed by atoms with E-state index in [1.165, 1.54) is 22.3 Å². The molecular weight excluding hydrogens is 292 g/mol. The molecule has 1 aromatic heterocycles. The molecule has 0 saturated carbocycles. The molecule has 0 bridgehead atoms. The topological polar surface area (TPSA) is 43.6 Å². The summed E-state index contributed by atoms with van der Waals surface area (Å²) in [6.45, 7) is 6.29. The fourth-order valence-corrected chi connectivity index (χ4v) is 3.06. The fourth-order valence-electron chi connectivity index (χ4n) is 2.22. The lowest BCUT2D eigenvalue weighted by molar-refractivity contribution is 0.751. The molecule has 0 fully saturated rings. The average molecular weight is 310 g/mol. The van der Waals surface area contributed by atoms with Crippen molar-refractivity contribution in [3.05, 3.63) is 64.7 Å². The molecule has 0 saturated heterocycles. The average Bonchev–Trinajstić information content (AvgIpc) is 2.98. The van der Waals surface area contributed by atoms with Crippen LogP contribution in [0.25, 0.3) is 5.69 Å². The van der Waals surface area contributed by atoms with E-state index in [2.05, 4.69) is 72.7 Å². The number of aryl methyl sites for hydroxylation is 2. The lowest BCUT2D eigenvalue weighted by atomic mass is 10.1. The summed E-state index contributed by atoms with van der Waals surface area (Å²) < 4.78 is 1.82. The molecule has 0 aliphatic heterocycles. The molecule has 0 aliphatic rings. The molecule has 0 N–H and O–H groups in total. The van der Waals surface area contributed by atoms with E-state index in [-0.39, 0.29) is 0 Å². The smallest absolute Gasteiger partial charge is 0.187 e. The van der Waals surface area contributed by atoms with Crippen molar-refractivity contribution < 1.29 is 0 Å². The maximum Gasteiger partial charge on any atom is 0.214 e. The molecule has 22 heavy (non-hydrogen) atoms. The molecule has 0 atom stereocenters. The second kappa shape index (κ2) is 6.32. The third-order valence-corrected chi connectivity index (χ3v) is 4.72. The van der Waals surface area contributed by atoms with Gasteiger partial charge in [-0.1, -0.05) is 53.7 Å². The van der Waals surface area contributed by atoms with Crippen molar-refractivity contribution in [3.63, 3.8) is 0 Å². The molecular formula is C17H18N4S. The standard InChI is InChI=1S/C17H18N4S/c1-12-7-9-15(10-8-12)11-22-17-18-19-20-21(17)16-6-4-5-13(2)14(16)3/h4-10H,11H2,1-3H3. The first-order valence-electron chi connectivity index (χ1n) is 7.18. The summed E-state index contributed by atoms with van der Waals surface area (Å²) in [4.78, 5) is 0. The van der Waals surface area contributed by atoms with Gasteiger partial charge in [-0.3, -0.25) is 0 Å². The highest BCUT2D eigenvalue weighted by Gasteiger charge is 2.12. The summed E-state index contributed by atoms with van der Waals surface area (Å²) in [6.07, 6.45) is 0. The van der Waals surface area contributed by atoms with Crippen molar-refractivity contribution in [2.45, 2.75) is 31.7 Å². The Bertz CT molecular complexity index is 778. The minimum absolute atomic E-state index is 0.814. The van der Waals surface area contributed by atoms with Crippen molar-refractivity contribution in [2.24, 2.45) is 0 Å². The molecule has 3 aromatic rings. The molecule has 1 heterocycles. The number of aromatic nitrogens is 4. The molecule has 2 aromatic carbocycles. The van der Waals surface area contributed by atoms with Crippen molar-refractivity contribution in [1.29, 1.82) is 0 Å². The van der Waals surface area contributed by atoms with Crippen LogP contribution in [-0.2, 0) is 5.75 Å². The van der Waals surface area contributed by atoms with Crippen LogP contribution in [-0.4, -0.2) is 20.2 Å². The van der Waals surface area contributed by atoms with Gasteiger partial charge in [0, 0.05) is 5.75 Å². The van der Waals surface area contributed by atoms with Crippen LogP contribution in [0, 0.1) is 20.8 Å². The first-order valence-corrected chi connectivity index (χ1v) is 8.17. The first-order chi connectivity index (χ1) is 10.6. The number of benzene rings is 2. The van der Waals surface area contributed by atoms with E-state index in [4.69, 9.17) is 0 Å². The van der Waals surface area contributed by atoms with E-state index in [9.17, 15) is 0 Å². The Morgan fingerprint density at radius 3 is 2.55 bits per heavy atom. The maximum absolute atomic E-state index is 4.16. The lowest BCUT2D eigenvalue weighted by Crippen LogP contribution is -2.02. The largest absolute Gasteiger partial charge is 0.214 e. The minimum Gasteiger partial charge on any atom is -0.187 e. The first kappa shape index (κ1) is 14.8. The monoisotopic (exact) mass is 310 g/mol. The Balaban J connectivity index is 1.83. The number of nitrogens with zero attached hydrogens (tertiary/aromatic N) is 4. The number of hydrogen-bond donors (Lipinski definition) is 0. The normalized spacial score (nSPS) is 10.9. The molecule has 0 unspecified atom stereocenters. The van der Waals surface area contributed by atoms with Crippen molar-refractivity contribution in [1.82, 2.24) is 20.2 Å². The highest BCUT2D eigenvalue weighted by molar-refractivity contribution is 7.98. The summed E-state index contributed by atoms with van der Waals surface area (Å²) in [5.74, 6) is 0.853. The van der Waals surface area contributed by atoms with Crippen LogP contribution in [0.15, 0.2) is 47.6 Å². The summed E-state index contributed by atoms with van der Waals surface area (Å²) in [5, 5.41) is 13.0. The maximum atomic E-state index is 4.16. The van der Waals surface area contributed by atoms with Gasteiger partial charge in [-0.15, -0.1) is 5.10 Å². The van der Waals surface area contributed by atoms with Gasteiger partial charge in [0.05, 0.1) is 5.69 Å². The molecule has 5 heteroatoms. The zero-order chi connectivity index (χ0) is 15.5. The van der Waals surface area contributed by atoms with Gasteiger partial charge in [0.2, 0.25) is 5.16 Å². The fraction of sp³-hybridized carbons (Fsp3) is 0.235.